The predicted octanol–water partition coefficient (Wildman–Crippen LogP) is 4.49. The van der Waals surface area contributed by atoms with Gasteiger partial charge in [0.15, 0.2) is 0 Å². The van der Waals surface area contributed by atoms with Gasteiger partial charge >= 0.3 is 0 Å². The minimum Gasteiger partial charge on any atom is -0.489 e. The Morgan fingerprint density at radius 1 is 1.12 bits per heavy atom. The van der Waals surface area contributed by atoms with E-state index in [1.807, 2.05) is 35.0 Å². The zero-order valence-corrected chi connectivity index (χ0v) is 13.9. The number of hydrogen-bond acceptors (Lipinski definition) is 3. The first-order valence-corrected chi connectivity index (χ1v) is 8.37. The highest BCUT2D eigenvalue weighted by atomic mass is 32.1. The molecule has 122 valence electrons. The first-order chi connectivity index (χ1) is 11.7. The van der Waals surface area contributed by atoms with E-state index in [-0.39, 0.29) is 11.7 Å². The lowest BCUT2D eigenvalue weighted by Crippen LogP contribution is -2.17. The van der Waals surface area contributed by atoms with E-state index >= 15 is 0 Å². The Kier molecular flexibility index (Phi) is 4.91. The molecular formula is C19H16FNO2S. The van der Waals surface area contributed by atoms with E-state index in [9.17, 15) is 9.18 Å². The standard InChI is InChI=1S/C19H16FNO2S/c1-21-19(22)14-4-2-13(3-5-14)11-23-18-9-16(8-17(20)10-18)15-6-7-24-12-15/h2-10,12H,11H2,1H3,(H,21,22). The molecule has 0 aliphatic carbocycles. The molecule has 0 saturated carbocycles. The number of ether oxygens (including phenoxy) is 1. The van der Waals surface area contributed by atoms with E-state index in [0.717, 1.165) is 16.7 Å². The van der Waals surface area contributed by atoms with Gasteiger partial charge in [-0.05, 0) is 57.8 Å². The molecule has 0 aliphatic heterocycles. The van der Waals surface area contributed by atoms with Crippen LogP contribution in [-0.2, 0) is 6.61 Å². The molecule has 1 aromatic heterocycles. The molecule has 3 nitrogen and oxygen atoms in total. The summed E-state index contributed by atoms with van der Waals surface area (Å²) in [4.78, 5) is 11.5. The minimum absolute atomic E-state index is 0.131. The van der Waals surface area contributed by atoms with Gasteiger partial charge in [-0.1, -0.05) is 12.1 Å². The molecule has 0 unspecified atom stereocenters. The number of halogens is 1. The highest BCUT2D eigenvalue weighted by Crippen LogP contribution is 2.27. The summed E-state index contributed by atoms with van der Waals surface area (Å²) in [5.41, 5.74) is 3.26. The molecule has 0 aliphatic rings. The van der Waals surface area contributed by atoms with Gasteiger partial charge in [-0.25, -0.2) is 4.39 Å². The molecule has 2 aromatic carbocycles. The number of amides is 1. The van der Waals surface area contributed by atoms with E-state index in [0.29, 0.717) is 17.9 Å². The Bertz CT molecular complexity index is 829. The number of carbonyl (C=O) groups is 1. The van der Waals surface area contributed by atoms with Crippen LogP contribution in [0.4, 0.5) is 4.39 Å². The lowest BCUT2D eigenvalue weighted by Gasteiger charge is -2.09. The molecule has 3 rings (SSSR count). The van der Waals surface area contributed by atoms with E-state index in [1.54, 1.807) is 30.5 Å². The number of carbonyl (C=O) groups excluding carboxylic acids is 1. The molecule has 1 heterocycles. The summed E-state index contributed by atoms with van der Waals surface area (Å²) in [5, 5.41) is 6.49. The van der Waals surface area contributed by atoms with Crippen LogP contribution >= 0.6 is 11.3 Å². The normalized spacial score (nSPS) is 10.4. The number of nitrogens with one attached hydrogen (secondary N) is 1. The van der Waals surface area contributed by atoms with Gasteiger partial charge in [0, 0.05) is 18.7 Å². The maximum atomic E-state index is 13.8. The van der Waals surface area contributed by atoms with Gasteiger partial charge in [0.05, 0.1) is 0 Å². The maximum Gasteiger partial charge on any atom is 0.251 e. The van der Waals surface area contributed by atoms with Gasteiger partial charge in [0.1, 0.15) is 18.2 Å². The van der Waals surface area contributed by atoms with Gasteiger partial charge in [0.2, 0.25) is 0 Å². The van der Waals surface area contributed by atoms with Crippen LogP contribution in [0, 0.1) is 5.82 Å². The third-order valence-electron chi connectivity index (χ3n) is 3.57. The predicted molar refractivity (Wildman–Crippen MR) is 93.9 cm³/mol. The second-order valence-electron chi connectivity index (χ2n) is 5.25. The van der Waals surface area contributed by atoms with Crippen LogP contribution in [0.15, 0.2) is 59.3 Å². The van der Waals surface area contributed by atoms with Crippen molar-refractivity contribution in [2.45, 2.75) is 6.61 Å². The summed E-state index contributed by atoms with van der Waals surface area (Å²) in [5.74, 6) is 0.0169. The third kappa shape index (κ3) is 3.81. The summed E-state index contributed by atoms with van der Waals surface area (Å²) in [6.45, 7) is 0.306. The molecule has 1 N–H and O–H groups in total. The number of rotatable bonds is 5. The van der Waals surface area contributed by atoms with Crippen LogP contribution in [-0.4, -0.2) is 13.0 Å². The van der Waals surface area contributed by atoms with Crippen molar-refractivity contribution in [1.82, 2.24) is 5.32 Å². The molecule has 1 amide bonds. The first kappa shape index (κ1) is 16.2. The van der Waals surface area contributed by atoms with Crippen molar-refractivity contribution in [3.05, 3.63) is 76.2 Å². The fraction of sp³-hybridized carbons (Fsp3) is 0.105. The summed E-state index contributed by atoms with van der Waals surface area (Å²) < 4.78 is 19.5. The molecular weight excluding hydrogens is 325 g/mol. The number of hydrogen-bond donors (Lipinski definition) is 1. The van der Waals surface area contributed by atoms with Crippen LogP contribution in [0.5, 0.6) is 5.75 Å². The summed E-state index contributed by atoms with van der Waals surface area (Å²) in [6.07, 6.45) is 0. The Labute approximate surface area is 143 Å². The van der Waals surface area contributed by atoms with Crippen LogP contribution in [0.2, 0.25) is 0 Å². The molecule has 0 saturated heterocycles. The lowest BCUT2D eigenvalue weighted by molar-refractivity contribution is 0.0963. The van der Waals surface area contributed by atoms with Crippen molar-refractivity contribution < 1.29 is 13.9 Å². The lowest BCUT2D eigenvalue weighted by atomic mass is 10.1. The SMILES string of the molecule is CNC(=O)c1ccc(COc2cc(F)cc(-c3ccsc3)c2)cc1. The van der Waals surface area contributed by atoms with Gasteiger partial charge < -0.3 is 10.1 Å². The van der Waals surface area contributed by atoms with Gasteiger partial charge in [0.25, 0.3) is 5.91 Å². The van der Waals surface area contributed by atoms with Crippen molar-refractivity contribution >= 4 is 17.2 Å². The average molecular weight is 341 g/mol. The van der Waals surface area contributed by atoms with Crippen LogP contribution in [0.1, 0.15) is 15.9 Å². The highest BCUT2D eigenvalue weighted by Gasteiger charge is 2.06. The fourth-order valence-corrected chi connectivity index (χ4v) is 2.97. The van der Waals surface area contributed by atoms with Crippen LogP contribution in [0.25, 0.3) is 11.1 Å². The van der Waals surface area contributed by atoms with Crippen LogP contribution in [0.3, 0.4) is 0 Å². The smallest absolute Gasteiger partial charge is 0.251 e. The Hall–Kier alpha value is -2.66. The Balaban J connectivity index is 1.71. The second-order valence-corrected chi connectivity index (χ2v) is 6.03. The summed E-state index contributed by atoms with van der Waals surface area (Å²) in [7, 11) is 1.59. The maximum absolute atomic E-state index is 13.8. The molecule has 24 heavy (non-hydrogen) atoms. The van der Waals surface area contributed by atoms with E-state index in [2.05, 4.69) is 5.32 Å². The largest absolute Gasteiger partial charge is 0.489 e. The van der Waals surface area contributed by atoms with Crippen molar-refractivity contribution in [3.63, 3.8) is 0 Å². The van der Waals surface area contributed by atoms with Crippen LogP contribution < -0.4 is 10.1 Å². The Morgan fingerprint density at radius 3 is 2.58 bits per heavy atom. The van der Waals surface area contributed by atoms with E-state index < -0.39 is 0 Å². The minimum atomic E-state index is -0.330. The number of benzene rings is 2. The Morgan fingerprint density at radius 2 is 1.92 bits per heavy atom. The highest BCUT2D eigenvalue weighted by molar-refractivity contribution is 7.08. The zero-order valence-electron chi connectivity index (χ0n) is 13.1. The molecule has 0 atom stereocenters. The van der Waals surface area contributed by atoms with Crippen molar-refractivity contribution in [2.75, 3.05) is 7.05 Å². The van der Waals surface area contributed by atoms with Crippen molar-refractivity contribution in [1.29, 1.82) is 0 Å². The monoisotopic (exact) mass is 341 g/mol. The molecule has 5 heteroatoms. The van der Waals surface area contributed by atoms with Crippen molar-refractivity contribution in [3.8, 4) is 16.9 Å². The topological polar surface area (TPSA) is 38.3 Å². The average Bonchev–Trinajstić information content (AvgIpc) is 3.14. The third-order valence-corrected chi connectivity index (χ3v) is 4.26. The molecule has 0 radical (unpaired) electrons. The van der Waals surface area contributed by atoms with Gasteiger partial charge in [-0.3, -0.25) is 4.79 Å². The second kappa shape index (κ2) is 7.27. The van der Waals surface area contributed by atoms with Gasteiger partial charge in [-0.15, -0.1) is 0 Å². The number of thiophene rings is 1. The van der Waals surface area contributed by atoms with Gasteiger partial charge in [-0.2, -0.15) is 11.3 Å². The summed E-state index contributed by atoms with van der Waals surface area (Å²) >= 11 is 1.57. The van der Waals surface area contributed by atoms with Crippen molar-refractivity contribution in [2.24, 2.45) is 0 Å². The quantitative estimate of drug-likeness (QED) is 0.742. The molecule has 0 fully saturated rings. The molecule has 3 aromatic rings. The van der Waals surface area contributed by atoms with E-state index in [4.69, 9.17) is 4.74 Å². The van der Waals surface area contributed by atoms with E-state index in [1.165, 1.54) is 12.1 Å². The molecule has 0 bridgehead atoms. The zero-order chi connectivity index (χ0) is 16.9. The first-order valence-electron chi connectivity index (χ1n) is 7.42. The fourth-order valence-electron chi connectivity index (χ4n) is 2.30. The molecule has 0 spiro atoms. The summed E-state index contributed by atoms with van der Waals surface area (Å²) in [6, 6.07) is 13.7.